The molecule has 0 radical (unpaired) electrons. The van der Waals surface area contributed by atoms with Crippen molar-refractivity contribution >= 4 is 27.2 Å². The Morgan fingerprint density at radius 2 is 1.93 bits per heavy atom. The smallest absolute Gasteiger partial charge is 0.191 e. The predicted molar refractivity (Wildman–Crippen MR) is 65.8 cm³/mol. The van der Waals surface area contributed by atoms with Gasteiger partial charge < -0.3 is 10.6 Å². The second kappa shape index (κ2) is 3.90. The van der Waals surface area contributed by atoms with Gasteiger partial charge in [-0.15, -0.1) is 0 Å². The third-order valence-corrected chi connectivity index (χ3v) is 3.12. The molecule has 2 rings (SSSR count). The molecule has 1 aromatic carbocycles. The average molecular weight is 219 g/mol. The number of hydrogen-bond donors (Lipinski definition) is 1. The normalized spacial score (nSPS) is 10.3. The van der Waals surface area contributed by atoms with E-state index in [9.17, 15) is 0 Å². The SMILES string of the molecule is Cc1ccc(N(C)c2ncc(N)s2)cc1. The number of nitrogens with two attached hydrogens (primary N) is 1. The fraction of sp³-hybridized carbons (Fsp3) is 0.182. The molecule has 0 aliphatic rings. The van der Waals surface area contributed by atoms with Crippen LogP contribution in [0.5, 0.6) is 0 Å². The molecule has 4 heteroatoms. The lowest BCUT2D eigenvalue weighted by molar-refractivity contribution is 1.17. The standard InChI is InChI=1S/C11H13N3S/c1-8-3-5-9(6-4-8)14(2)11-13-7-10(12)15-11/h3-7H,12H2,1-2H3. The van der Waals surface area contributed by atoms with E-state index in [0.29, 0.717) is 0 Å². The van der Waals surface area contributed by atoms with Crippen LogP contribution in [0.15, 0.2) is 30.5 Å². The minimum absolute atomic E-state index is 0.740. The van der Waals surface area contributed by atoms with E-state index in [2.05, 4.69) is 36.2 Å². The van der Waals surface area contributed by atoms with Crippen molar-refractivity contribution in [2.75, 3.05) is 17.7 Å². The summed E-state index contributed by atoms with van der Waals surface area (Å²) in [5.41, 5.74) is 8.02. The van der Waals surface area contributed by atoms with Crippen molar-refractivity contribution in [3.8, 4) is 0 Å². The summed E-state index contributed by atoms with van der Waals surface area (Å²) in [5.74, 6) is 0. The highest BCUT2D eigenvalue weighted by Crippen LogP contribution is 2.28. The van der Waals surface area contributed by atoms with Crippen molar-refractivity contribution in [2.24, 2.45) is 0 Å². The molecule has 0 aliphatic carbocycles. The zero-order chi connectivity index (χ0) is 10.8. The number of aromatic nitrogens is 1. The molecule has 0 amide bonds. The van der Waals surface area contributed by atoms with Crippen LogP contribution >= 0.6 is 11.3 Å². The van der Waals surface area contributed by atoms with Gasteiger partial charge in [0.1, 0.15) is 5.00 Å². The third-order valence-electron chi connectivity index (χ3n) is 2.22. The van der Waals surface area contributed by atoms with Crippen LogP contribution in [0, 0.1) is 6.92 Å². The maximum absolute atomic E-state index is 5.65. The molecule has 0 aliphatic heterocycles. The fourth-order valence-electron chi connectivity index (χ4n) is 1.31. The van der Waals surface area contributed by atoms with E-state index in [-0.39, 0.29) is 0 Å². The maximum Gasteiger partial charge on any atom is 0.191 e. The van der Waals surface area contributed by atoms with Crippen LogP contribution in [0.2, 0.25) is 0 Å². The van der Waals surface area contributed by atoms with Gasteiger partial charge in [0.2, 0.25) is 0 Å². The summed E-state index contributed by atoms with van der Waals surface area (Å²) < 4.78 is 0. The van der Waals surface area contributed by atoms with Crippen molar-refractivity contribution in [1.82, 2.24) is 4.98 Å². The van der Waals surface area contributed by atoms with Crippen molar-refractivity contribution in [1.29, 1.82) is 0 Å². The van der Waals surface area contributed by atoms with Crippen LogP contribution in [0.4, 0.5) is 15.8 Å². The topological polar surface area (TPSA) is 42.2 Å². The third kappa shape index (κ3) is 2.10. The fourth-order valence-corrected chi connectivity index (χ4v) is 1.97. The number of nitrogens with zero attached hydrogens (tertiary/aromatic N) is 2. The van der Waals surface area contributed by atoms with E-state index >= 15 is 0 Å². The largest absolute Gasteiger partial charge is 0.389 e. The molecule has 0 saturated carbocycles. The van der Waals surface area contributed by atoms with Gasteiger partial charge in [0.25, 0.3) is 0 Å². The lowest BCUT2D eigenvalue weighted by Crippen LogP contribution is -2.08. The zero-order valence-corrected chi connectivity index (χ0v) is 9.58. The predicted octanol–water partition coefficient (Wildman–Crippen LogP) is 2.80. The minimum Gasteiger partial charge on any atom is -0.389 e. The summed E-state index contributed by atoms with van der Waals surface area (Å²) in [6.45, 7) is 2.07. The van der Waals surface area contributed by atoms with E-state index in [4.69, 9.17) is 5.73 Å². The second-order valence-corrected chi connectivity index (χ2v) is 4.48. The molecular formula is C11H13N3S. The summed E-state index contributed by atoms with van der Waals surface area (Å²) in [6, 6.07) is 8.32. The highest BCUT2D eigenvalue weighted by molar-refractivity contribution is 7.19. The number of anilines is 3. The van der Waals surface area contributed by atoms with E-state index in [0.717, 1.165) is 15.8 Å². The van der Waals surface area contributed by atoms with Gasteiger partial charge in [-0.1, -0.05) is 29.0 Å². The molecule has 0 bridgehead atoms. The van der Waals surface area contributed by atoms with E-state index in [1.807, 2.05) is 11.9 Å². The average Bonchev–Trinajstić information content (AvgIpc) is 2.65. The molecule has 2 aromatic rings. The van der Waals surface area contributed by atoms with Gasteiger partial charge in [0, 0.05) is 12.7 Å². The monoisotopic (exact) mass is 219 g/mol. The maximum atomic E-state index is 5.65. The number of thiazole rings is 1. The first kappa shape index (κ1) is 9.98. The minimum atomic E-state index is 0.740. The molecule has 0 spiro atoms. The van der Waals surface area contributed by atoms with Crippen LogP contribution in [-0.4, -0.2) is 12.0 Å². The summed E-state index contributed by atoms with van der Waals surface area (Å²) in [5, 5.41) is 1.65. The summed E-state index contributed by atoms with van der Waals surface area (Å²) in [6.07, 6.45) is 1.69. The van der Waals surface area contributed by atoms with Crippen LogP contribution in [0.1, 0.15) is 5.56 Å². The van der Waals surface area contributed by atoms with Crippen molar-refractivity contribution in [3.63, 3.8) is 0 Å². The Labute approximate surface area is 93.2 Å². The van der Waals surface area contributed by atoms with Crippen LogP contribution in [0.3, 0.4) is 0 Å². The van der Waals surface area contributed by atoms with Crippen molar-refractivity contribution < 1.29 is 0 Å². The van der Waals surface area contributed by atoms with Crippen molar-refractivity contribution in [3.05, 3.63) is 36.0 Å². The molecule has 0 fully saturated rings. The number of hydrogen-bond acceptors (Lipinski definition) is 4. The molecule has 1 aromatic heterocycles. The van der Waals surface area contributed by atoms with Crippen LogP contribution in [-0.2, 0) is 0 Å². The Balaban J connectivity index is 2.28. The van der Waals surface area contributed by atoms with Crippen LogP contribution in [0.25, 0.3) is 0 Å². The Kier molecular flexibility index (Phi) is 2.60. The second-order valence-electron chi connectivity index (χ2n) is 3.44. The molecule has 0 atom stereocenters. The Morgan fingerprint density at radius 3 is 2.47 bits per heavy atom. The quantitative estimate of drug-likeness (QED) is 0.844. The molecular weight excluding hydrogens is 206 g/mol. The van der Waals surface area contributed by atoms with Gasteiger partial charge in [-0.3, -0.25) is 0 Å². The summed E-state index contributed by atoms with van der Waals surface area (Å²) in [4.78, 5) is 6.26. The highest BCUT2D eigenvalue weighted by atomic mass is 32.1. The number of rotatable bonds is 2. The summed E-state index contributed by atoms with van der Waals surface area (Å²) in [7, 11) is 1.99. The molecule has 0 saturated heterocycles. The molecule has 15 heavy (non-hydrogen) atoms. The van der Waals surface area contributed by atoms with Gasteiger partial charge in [0.05, 0.1) is 6.20 Å². The van der Waals surface area contributed by atoms with Gasteiger partial charge in [-0.25, -0.2) is 4.98 Å². The Hall–Kier alpha value is -1.55. The highest BCUT2D eigenvalue weighted by Gasteiger charge is 2.07. The number of benzene rings is 1. The molecule has 2 N–H and O–H groups in total. The molecule has 1 heterocycles. The zero-order valence-electron chi connectivity index (χ0n) is 8.77. The molecule has 78 valence electrons. The molecule has 0 unspecified atom stereocenters. The van der Waals surface area contributed by atoms with E-state index in [1.165, 1.54) is 16.9 Å². The van der Waals surface area contributed by atoms with Crippen LogP contribution < -0.4 is 10.6 Å². The Bertz CT molecular complexity index is 447. The molecule has 3 nitrogen and oxygen atoms in total. The van der Waals surface area contributed by atoms with E-state index < -0.39 is 0 Å². The Morgan fingerprint density at radius 1 is 1.27 bits per heavy atom. The first-order valence-electron chi connectivity index (χ1n) is 4.68. The van der Waals surface area contributed by atoms with E-state index in [1.54, 1.807) is 6.20 Å². The number of aryl methyl sites for hydroxylation is 1. The van der Waals surface area contributed by atoms with Gasteiger partial charge in [0.15, 0.2) is 5.13 Å². The number of nitrogen functional groups attached to an aromatic ring is 1. The first-order valence-corrected chi connectivity index (χ1v) is 5.50. The van der Waals surface area contributed by atoms with Crippen molar-refractivity contribution in [2.45, 2.75) is 6.92 Å². The summed E-state index contributed by atoms with van der Waals surface area (Å²) >= 11 is 1.49. The first-order chi connectivity index (χ1) is 7.16. The van der Waals surface area contributed by atoms with Gasteiger partial charge in [-0.05, 0) is 19.1 Å². The van der Waals surface area contributed by atoms with Gasteiger partial charge >= 0.3 is 0 Å². The van der Waals surface area contributed by atoms with Gasteiger partial charge in [-0.2, -0.15) is 0 Å². The lowest BCUT2D eigenvalue weighted by atomic mass is 10.2. The lowest BCUT2D eigenvalue weighted by Gasteiger charge is -2.15.